The number of hydrogen-bond donors (Lipinski definition) is 1. The van der Waals surface area contributed by atoms with E-state index in [1.54, 1.807) is 7.11 Å². The van der Waals surface area contributed by atoms with Crippen molar-refractivity contribution in [2.45, 2.75) is 13.8 Å². The summed E-state index contributed by atoms with van der Waals surface area (Å²) in [5.74, 6) is 0.849. The number of rotatable bonds is 3. The fourth-order valence-electron chi connectivity index (χ4n) is 2.12. The molecular formula is C17H19NO. The van der Waals surface area contributed by atoms with Gasteiger partial charge in [-0.05, 0) is 59.9 Å². The van der Waals surface area contributed by atoms with Crippen molar-refractivity contribution in [1.82, 2.24) is 0 Å². The first-order valence-electron chi connectivity index (χ1n) is 6.24. The summed E-state index contributed by atoms with van der Waals surface area (Å²) in [6.07, 6.45) is 0. The zero-order chi connectivity index (χ0) is 14.0. The molecule has 2 aromatic carbocycles. The van der Waals surface area contributed by atoms with Crippen LogP contribution in [-0.2, 0) is 0 Å². The fraction of sp³-hybridized carbons (Fsp3) is 0.176. The molecule has 0 bridgehead atoms. The van der Waals surface area contributed by atoms with Crippen molar-refractivity contribution >= 4 is 11.3 Å². The maximum absolute atomic E-state index is 5.92. The fourth-order valence-corrected chi connectivity index (χ4v) is 2.12. The highest BCUT2D eigenvalue weighted by Gasteiger charge is 2.09. The van der Waals surface area contributed by atoms with E-state index >= 15 is 0 Å². The van der Waals surface area contributed by atoms with Gasteiger partial charge in [0.2, 0.25) is 0 Å². The van der Waals surface area contributed by atoms with E-state index in [1.165, 1.54) is 5.56 Å². The molecule has 0 spiro atoms. The molecule has 2 nitrogen and oxygen atoms in total. The lowest BCUT2D eigenvalue weighted by Crippen LogP contribution is -1.97. The van der Waals surface area contributed by atoms with Crippen LogP contribution < -0.4 is 10.5 Å². The largest absolute Gasteiger partial charge is 0.497 e. The van der Waals surface area contributed by atoms with E-state index in [1.807, 2.05) is 43.3 Å². The summed E-state index contributed by atoms with van der Waals surface area (Å²) in [5.41, 5.74) is 12.3. The van der Waals surface area contributed by atoms with Crippen LogP contribution in [0.4, 0.5) is 5.69 Å². The van der Waals surface area contributed by atoms with Crippen LogP contribution in [0.5, 0.6) is 5.75 Å². The van der Waals surface area contributed by atoms with Crippen LogP contribution >= 0.6 is 0 Å². The quantitative estimate of drug-likeness (QED) is 0.840. The van der Waals surface area contributed by atoms with Gasteiger partial charge < -0.3 is 10.5 Å². The van der Waals surface area contributed by atoms with Gasteiger partial charge in [-0.15, -0.1) is 0 Å². The molecular weight excluding hydrogens is 234 g/mol. The molecule has 0 saturated carbocycles. The van der Waals surface area contributed by atoms with E-state index in [0.717, 1.165) is 33.7 Å². The SMILES string of the molecule is C=C(c1ccc(OC)cc1)c1ccc(N)c(C)c1C. The zero-order valence-corrected chi connectivity index (χ0v) is 11.7. The molecule has 0 heterocycles. The van der Waals surface area contributed by atoms with E-state index < -0.39 is 0 Å². The third-order valence-corrected chi connectivity index (χ3v) is 3.59. The summed E-state index contributed by atoms with van der Waals surface area (Å²) < 4.78 is 5.17. The van der Waals surface area contributed by atoms with Crippen molar-refractivity contribution in [2.24, 2.45) is 0 Å². The lowest BCUT2D eigenvalue weighted by Gasteiger charge is -2.14. The minimum Gasteiger partial charge on any atom is -0.497 e. The number of anilines is 1. The Kier molecular flexibility index (Phi) is 3.61. The zero-order valence-electron chi connectivity index (χ0n) is 11.7. The maximum Gasteiger partial charge on any atom is 0.118 e. The minimum atomic E-state index is 0.823. The van der Waals surface area contributed by atoms with Crippen molar-refractivity contribution in [3.8, 4) is 5.75 Å². The van der Waals surface area contributed by atoms with Crippen molar-refractivity contribution < 1.29 is 4.74 Å². The van der Waals surface area contributed by atoms with E-state index in [-0.39, 0.29) is 0 Å². The second-order valence-electron chi connectivity index (χ2n) is 4.66. The molecule has 0 unspecified atom stereocenters. The number of ether oxygens (including phenoxy) is 1. The summed E-state index contributed by atoms with van der Waals surface area (Å²) in [5, 5.41) is 0. The molecule has 0 aromatic heterocycles. The van der Waals surface area contributed by atoms with E-state index in [2.05, 4.69) is 13.5 Å². The summed E-state index contributed by atoms with van der Waals surface area (Å²) in [6.45, 7) is 8.32. The Morgan fingerprint density at radius 1 is 1.00 bits per heavy atom. The Bertz CT molecular complexity index is 612. The Balaban J connectivity index is 2.41. The normalized spacial score (nSPS) is 10.3. The Hall–Kier alpha value is -2.22. The summed E-state index contributed by atoms with van der Waals surface area (Å²) in [4.78, 5) is 0. The molecule has 0 aliphatic carbocycles. The van der Waals surface area contributed by atoms with Gasteiger partial charge in [0.25, 0.3) is 0 Å². The van der Waals surface area contributed by atoms with Gasteiger partial charge in [0.1, 0.15) is 5.75 Å². The highest BCUT2D eigenvalue weighted by molar-refractivity contribution is 5.81. The first-order valence-corrected chi connectivity index (χ1v) is 6.24. The topological polar surface area (TPSA) is 35.2 Å². The second kappa shape index (κ2) is 5.19. The molecule has 19 heavy (non-hydrogen) atoms. The van der Waals surface area contributed by atoms with Crippen LogP contribution in [-0.4, -0.2) is 7.11 Å². The number of benzene rings is 2. The van der Waals surface area contributed by atoms with Crippen LogP contribution in [0, 0.1) is 13.8 Å². The Labute approximate surface area is 114 Å². The van der Waals surface area contributed by atoms with Gasteiger partial charge in [0.15, 0.2) is 0 Å². The van der Waals surface area contributed by atoms with Gasteiger partial charge in [0.05, 0.1) is 7.11 Å². The average molecular weight is 253 g/mol. The monoisotopic (exact) mass is 253 g/mol. The molecule has 2 aromatic rings. The Morgan fingerprint density at radius 3 is 2.21 bits per heavy atom. The molecule has 0 aliphatic rings. The first kappa shape index (κ1) is 13.2. The van der Waals surface area contributed by atoms with Crippen molar-refractivity contribution in [2.75, 3.05) is 12.8 Å². The van der Waals surface area contributed by atoms with Gasteiger partial charge in [-0.3, -0.25) is 0 Å². The van der Waals surface area contributed by atoms with Gasteiger partial charge >= 0.3 is 0 Å². The predicted molar refractivity (Wildman–Crippen MR) is 81.5 cm³/mol. The lowest BCUT2D eigenvalue weighted by molar-refractivity contribution is 0.415. The van der Waals surface area contributed by atoms with Crippen LogP contribution in [0.3, 0.4) is 0 Å². The van der Waals surface area contributed by atoms with E-state index in [4.69, 9.17) is 10.5 Å². The van der Waals surface area contributed by atoms with E-state index in [9.17, 15) is 0 Å². The average Bonchev–Trinajstić information content (AvgIpc) is 2.44. The predicted octanol–water partition coefficient (Wildman–Crippen LogP) is 3.96. The molecule has 0 radical (unpaired) electrons. The van der Waals surface area contributed by atoms with Crippen LogP contribution in [0.25, 0.3) is 5.57 Å². The third-order valence-electron chi connectivity index (χ3n) is 3.59. The Morgan fingerprint density at radius 2 is 1.63 bits per heavy atom. The summed E-state index contributed by atoms with van der Waals surface area (Å²) >= 11 is 0. The summed E-state index contributed by atoms with van der Waals surface area (Å²) in [7, 11) is 1.66. The van der Waals surface area contributed by atoms with Gasteiger partial charge in [-0.25, -0.2) is 0 Å². The van der Waals surface area contributed by atoms with Crippen LogP contribution in [0.1, 0.15) is 22.3 Å². The molecule has 0 amide bonds. The molecule has 0 aliphatic heterocycles. The molecule has 0 atom stereocenters. The molecule has 0 fully saturated rings. The maximum atomic E-state index is 5.92. The molecule has 98 valence electrons. The molecule has 2 heteroatoms. The number of methoxy groups -OCH3 is 1. The van der Waals surface area contributed by atoms with Crippen molar-refractivity contribution in [3.05, 3.63) is 65.2 Å². The highest BCUT2D eigenvalue weighted by atomic mass is 16.5. The number of nitrogen functional groups attached to an aromatic ring is 1. The number of hydrogen-bond acceptors (Lipinski definition) is 2. The van der Waals surface area contributed by atoms with Gasteiger partial charge in [0, 0.05) is 5.69 Å². The number of nitrogens with two attached hydrogens (primary N) is 1. The second-order valence-corrected chi connectivity index (χ2v) is 4.66. The van der Waals surface area contributed by atoms with Crippen LogP contribution in [0.15, 0.2) is 43.0 Å². The lowest BCUT2D eigenvalue weighted by atomic mass is 9.92. The smallest absolute Gasteiger partial charge is 0.118 e. The molecule has 2 rings (SSSR count). The third kappa shape index (κ3) is 2.48. The van der Waals surface area contributed by atoms with Crippen molar-refractivity contribution in [1.29, 1.82) is 0 Å². The highest BCUT2D eigenvalue weighted by Crippen LogP contribution is 2.29. The summed E-state index contributed by atoms with van der Waals surface area (Å²) in [6, 6.07) is 11.9. The van der Waals surface area contributed by atoms with Gasteiger partial charge in [-0.1, -0.05) is 24.8 Å². The molecule has 2 N–H and O–H groups in total. The van der Waals surface area contributed by atoms with E-state index in [0.29, 0.717) is 0 Å². The molecule has 0 saturated heterocycles. The van der Waals surface area contributed by atoms with Gasteiger partial charge in [-0.2, -0.15) is 0 Å². The van der Waals surface area contributed by atoms with Crippen LogP contribution in [0.2, 0.25) is 0 Å². The minimum absolute atomic E-state index is 0.823. The standard InChI is InChI=1S/C17H19NO/c1-11-12(2)17(18)10-9-16(11)13(3)14-5-7-15(19-4)8-6-14/h5-10H,3,18H2,1-2,4H3. The van der Waals surface area contributed by atoms with Crippen molar-refractivity contribution in [3.63, 3.8) is 0 Å². The first-order chi connectivity index (χ1) is 9.04.